The highest BCUT2D eigenvalue weighted by molar-refractivity contribution is 6.10. The summed E-state index contributed by atoms with van der Waals surface area (Å²) in [5.41, 5.74) is 17.0. The molecule has 0 amide bonds. The Morgan fingerprint density at radius 3 is 1.62 bits per heavy atom. The number of benzene rings is 10. The van der Waals surface area contributed by atoms with Gasteiger partial charge < -0.3 is 14.2 Å². The molecule has 0 saturated heterocycles. The second-order valence-corrected chi connectivity index (χ2v) is 17.0. The first-order valence-electron chi connectivity index (χ1n) is 22.1. The minimum Gasteiger partial charge on any atom is -0.457 e. The van der Waals surface area contributed by atoms with E-state index in [1.54, 1.807) is 0 Å². The van der Waals surface area contributed by atoms with Crippen LogP contribution in [0.2, 0.25) is 0 Å². The van der Waals surface area contributed by atoms with E-state index >= 15 is 0 Å². The van der Waals surface area contributed by atoms with Gasteiger partial charge in [0, 0.05) is 44.6 Å². The number of rotatable bonds is 6. The molecule has 0 fully saturated rings. The van der Waals surface area contributed by atoms with Crippen molar-refractivity contribution < 1.29 is 9.13 Å². The predicted molar refractivity (Wildman–Crippen MR) is 264 cm³/mol. The summed E-state index contributed by atoms with van der Waals surface area (Å²) in [5.74, 6) is 1.44. The lowest BCUT2D eigenvalue weighted by Crippen LogP contribution is -2.32. The Hall–Kier alpha value is -8.47. The minimum absolute atomic E-state index is 0.254. The van der Waals surface area contributed by atoms with Crippen LogP contribution in [0.25, 0.3) is 60.9 Å². The third-order valence-corrected chi connectivity index (χ3v) is 13.5. The molecule has 1 aliphatic heterocycles. The van der Waals surface area contributed by atoms with Crippen molar-refractivity contribution in [1.29, 1.82) is 0 Å². The van der Waals surface area contributed by atoms with Crippen molar-refractivity contribution in [3.63, 3.8) is 0 Å². The molecule has 10 aromatic carbocycles. The van der Waals surface area contributed by atoms with Crippen LogP contribution in [0.1, 0.15) is 22.3 Å². The highest BCUT2D eigenvalue weighted by Crippen LogP contribution is 2.63. The van der Waals surface area contributed by atoms with Crippen LogP contribution in [0, 0.1) is 5.82 Å². The van der Waals surface area contributed by atoms with E-state index in [1.807, 2.05) is 12.1 Å². The van der Waals surface area contributed by atoms with E-state index in [-0.39, 0.29) is 5.82 Å². The summed E-state index contributed by atoms with van der Waals surface area (Å²) in [7, 11) is 0. The van der Waals surface area contributed by atoms with Gasteiger partial charge in [0.15, 0.2) is 0 Å². The number of anilines is 3. The largest absolute Gasteiger partial charge is 0.457 e. The zero-order chi connectivity index (χ0) is 43.1. The quantitative estimate of drug-likeness (QED) is 0.166. The molecule has 11 aromatic rings. The van der Waals surface area contributed by atoms with Crippen LogP contribution in [0.15, 0.2) is 237 Å². The fourth-order valence-corrected chi connectivity index (χ4v) is 10.7. The van der Waals surface area contributed by atoms with Gasteiger partial charge in [0.05, 0.1) is 16.4 Å². The van der Waals surface area contributed by atoms with Crippen molar-refractivity contribution in [2.75, 3.05) is 4.90 Å². The Bertz CT molecular complexity index is 3550. The smallest absolute Gasteiger partial charge is 0.132 e. The molecule has 1 aliphatic carbocycles. The molecule has 2 heterocycles. The van der Waals surface area contributed by atoms with Crippen molar-refractivity contribution in [3.8, 4) is 50.6 Å². The normalized spacial score (nSPS) is 12.9. The van der Waals surface area contributed by atoms with Crippen molar-refractivity contribution in [2.45, 2.75) is 5.41 Å². The number of hydrogen-bond donors (Lipinski definition) is 0. The third-order valence-electron chi connectivity index (χ3n) is 13.5. The van der Waals surface area contributed by atoms with Crippen molar-refractivity contribution in [1.82, 2.24) is 4.57 Å². The molecular weight excluding hydrogens is 796 g/mol. The fraction of sp³-hybridized carbons (Fsp3) is 0.0164. The first-order valence-corrected chi connectivity index (χ1v) is 22.1. The van der Waals surface area contributed by atoms with E-state index < -0.39 is 5.41 Å². The molecule has 0 atom stereocenters. The van der Waals surface area contributed by atoms with E-state index in [0.29, 0.717) is 0 Å². The molecule has 0 radical (unpaired) electrons. The van der Waals surface area contributed by atoms with Crippen molar-refractivity contribution >= 4 is 38.9 Å². The summed E-state index contributed by atoms with van der Waals surface area (Å²) < 4.78 is 23.5. The highest BCUT2D eigenvalue weighted by Gasteiger charge is 2.51. The van der Waals surface area contributed by atoms with Gasteiger partial charge in [-0.1, -0.05) is 152 Å². The molecule has 0 unspecified atom stereocenters. The zero-order valence-corrected chi connectivity index (χ0v) is 35.2. The summed E-state index contributed by atoms with van der Waals surface area (Å²) in [6.07, 6.45) is 0. The topological polar surface area (TPSA) is 17.4 Å². The van der Waals surface area contributed by atoms with E-state index in [2.05, 4.69) is 222 Å². The van der Waals surface area contributed by atoms with Crippen LogP contribution in [0.3, 0.4) is 0 Å². The van der Waals surface area contributed by atoms with Crippen molar-refractivity contribution in [2.24, 2.45) is 0 Å². The molecule has 13 rings (SSSR count). The summed E-state index contributed by atoms with van der Waals surface area (Å²) in [5, 5.41) is 2.24. The number of ether oxygens (including phenoxy) is 1. The number of aromatic nitrogens is 1. The van der Waals surface area contributed by atoms with Crippen LogP contribution < -0.4 is 9.64 Å². The highest BCUT2D eigenvalue weighted by atomic mass is 19.1. The second-order valence-electron chi connectivity index (χ2n) is 17.0. The molecule has 1 aromatic heterocycles. The molecule has 2 aliphatic rings. The van der Waals surface area contributed by atoms with E-state index in [9.17, 15) is 4.39 Å². The third kappa shape index (κ3) is 5.67. The summed E-state index contributed by atoms with van der Waals surface area (Å²) in [6.45, 7) is 0. The summed E-state index contributed by atoms with van der Waals surface area (Å²) in [6, 6.07) is 83.1. The zero-order valence-electron chi connectivity index (χ0n) is 35.2. The second kappa shape index (κ2) is 14.5. The molecule has 1 spiro atoms. The lowest BCUT2D eigenvalue weighted by atomic mass is 9.65. The Kier molecular flexibility index (Phi) is 8.31. The maximum Gasteiger partial charge on any atom is 0.132 e. The lowest BCUT2D eigenvalue weighted by molar-refractivity contribution is 0.437. The van der Waals surface area contributed by atoms with Gasteiger partial charge in [-0.15, -0.1) is 0 Å². The van der Waals surface area contributed by atoms with Gasteiger partial charge in [-0.3, -0.25) is 0 Å². The average molecular weight is 835 g/mol. The van der Waals surface area contributed by atoms with Gasteiger partial charge in [0.25, 0.3) is 0 Å². The molecule has 4 heteroatoms. The monoisotopic (exact) mass is 834 g/mol. The number of halogens is 1. The average Bonchev–Trinajstić information content (AvgIpc) is 3.85. The maximum absolute atomic E-state index is 14.2. The molecule has 0 saturated carbocycles. The van der Waals surface area contributed by atoms with Crippen LogP contribution in [0.4, 0.5) is 21.5 Å². The Balaban J connectivity index is 1.06. The van der Waals surface area contributed by atoms with Crippen molar-refractivity contribution in [3.05, 3.63) is 265 Å². The van der Waals surface area contributed by atoms with Gasteiger partial charge >= 0.3 is 0 Å². The SMILES string of the molecule is Fc1ccc(-n2c3ccccc3c3cc(N(c4ccccc4)c4ccc5c(c4)C4(c6ccc(-c7ccccc7)cc6Oc6cc(-c7ccccc7)ccc64)c4ccccc4-5)ccc32)cc1. The van der Waals surface area contributed by atoms with Crippen LogP contribution in [-0.4, -0.2) is 4.57 Å². The molecule has 306 valence electrons. The van der Waals surface area contributed by atoms with E-state index in [1.165, 1.54) is 34.4 Å². The first-order chi connectivity index (χ1) is 32.1. The molecule has 65 heavy (non-hydrogen) atoms. The standard InChI is InChI=1S/C61H39FN2O/c62-44-26-28-46(29-27-44)64-57-23-13-11-21-51(57)52-38-47(31-35-58(52)64)63(45-18-8-3-9-19-45)48-30-32-50-49-20-10-12-22-53(49)61(56(50)39-48)54-33-24-42(40-14-4-1-5-15-40)36-59(54)65-60-37-43(25-34-55(60)61)41-16-6-2-7-17-41/h1-39H. The van der Waals surface area contributed by atoms with Gasteiger partial charge in [0.2, 0.25) is 0 Å². The van der Waals surface area contributed by atoms with E-state index in [0.717, 1.165) is 89.4 Å². The maximum atomic E-state index is 14.2. The van der Waals surface area contributed by atoms with Gasteiger partial charge in [-0.2, -0.15) is 0 Å². The number of fused-ring (bicyclic) bond motifs is 12. The summed E-state index contributed by atoms with van der Waals surface area (Å²) in [4.78, 5) is 2.37. The number of hydrogen-bond acceptors (Lipinski definition) is 2. The first kappa shape index (κ1) is 37.1. The predicted octanol–water partition coefficient (Wildman–Crippen LogP) is 16.2. The van der Waals surface area contributed by atoms with Crippen LogP contribution in [0.5, 0.6) is 11.5 Å². The fourth-order valence-electron chi connectivity index (χ4n) is 10.7. The number of nitrogens with zero attached hydrogens (tertiary/aromatic N) is 2. The molecule has 0 bridgehead atoms. The van der Waals surface area contributed by atoms with Gasteiger partial charge in [-0.25, -0.2) is 4.39 Å². The molecular formula is C61H39FN2O. The minimum atomic E-state index is -0.690. The lowest BCUT2D eigenvalue weighted by Gasteiger charge is -2.40. The van der Waals surface area contributed by atoms with E-state index in [4.69, 9.17) is 4.74 Å². The number of para-hydroxylation sites is 2. The van der Waals surface area contributed by atoms with Gasteiger partial charge in [-0.05, 0) is 129 Å². The molecule has 3 nitrogen and oxygen atoms in total. The van der Waals surface area contributed by atoms with Gasteiger partial charge in [0.1, 0.15) is 17.3 Å². The van der Waals surface area contributed by atoms with Crippen LogP contribution in [-0.2, 0) is 5.41 Å². The Morgan fingerprint density at radius 1 is 0.369 bits per heavy atom. The summed E-state index contributed by atoms with van der Waals surface area (Å²) >= 11 is 0. The molecule has 0 N–H and O–H groups in total. The van der Waals surface area contributed by atoms with Crippen LogP contribution >= 0.6 is 0 Å². The Morgan fingerprint density at radius 2 is 0.923 bits per heavy atom. The Labute approximate surface area is 376 Å².